The third kappa shape index (κ3) is 2.83. The van der Waals surface area contributed by atoms with Crippen molar-refractivity contribution in [2.45, 2.75) is 56.1 Å². The fourth-order valence-electron chi connectivity index (χ4n) is 3.77. The van der Waals surface area contributed by atoms with Crippen molar-refractivity contribution in [2.75, 3.05) is 0 Å². The Morgan fingerprint density at radius 2 is 1.67 bits per heavy atom. The van der Waals surface area contributed by atoms with Gasteiger partial charge >= 0.3 is 0 Å². The zero-order valence-electron chi connectivity index (χ0n) is 12.5. The Morgan fingerprint density at radius 3 is 2.48 bits per heavy atom. The highest BCUT2D eigenvalue weighted by Crippen LogP contribution is 2.42. The van der Waals surface area contributed by atoms with E-state index in [9.17, 15) is 0 Å². The van der Waals surface area contributed by atoms with E-state index in [2.05, 4.69) is 47.8 Å². The van der Waals surface area contributed by atoms with E-state index in [0.29, 0.717) is 24.0 Å². The maximum atomic E-state index is 5.99. The SMILES string of the molecule is N[C@H]1CC[C@H](N[C@@H]2C[C@H]2c2ccc3ccccc3c2)CC1. The number of nitrogens with one attached hydrogen (secondary N) is 1. The van der Waals surface area contributed by atoms with E-state index in [1.54, 1.807) is 0 Å². The highest BCUT2D eigenvalue weighted by molar-refractivity contribution is 5.83. The maximum Gasteiger partial charge on any atom is 0.0145 e. The molecule has 0 amide bonds. The zero-order valence-corrected chi connectivity index (χ0v) is 12.5. The van der Waals surface area contributed by atoms with E-state index in [1.807, 2.05) is 0 Å². The van der Waals surface area contributed by atoms with Gasteiger partial charge < -0.3 is 11.1 Å². The van der Waals surface area contributed by atoms with Gasteiger partial charge in [-0.15, -0.1) is 0 Å². The molecule has 2 atom stereocenters. The van der Waals surface area contributed by atoms with Gasteiger partial charge in [0.1, 0.15) is 0 Å². The third-order valence-corrected chi connectivity index (χ3v) is 5.21. The highest BCUT2D eigenvalue weighted by Gasteiger charge is 2.39. The average molecular weight is 280 g/mol. The Kier molecular flexibility index (Phi) is 3.44. The zero-order chi connectivity index (χ0) is 14.2. The van der Waals surface area contributed by atoms with Crippen LogP contribution >= 0.6 is 0 Å². The van der Waals surface area contributed by atoms with Crippen LogP contribution in [0.25, 0.3) is 10.8 Å². The topological polar surface area (TPSA) is 38.0 Å². The van der Waals surface area contributed by atoms with E-state index in [4.69, 9.17) is 5.73 Å². The fraction of sp³-hybridized carbons (Fsp3) is 0.474. The molecule has 0 bridgehead atoms. The van der Waals surface area contributed by atoms with Gasteiger partial charge in [0.25, 0.3) is 0 Å². The summed E-state index contributed by atoms with van der Waals surface area (Å²) >= 11 is 0. The van der Waals surface area contributed by atoms with Crippen LogP contribution in [0.1, 0.15) is 43.6 Å². The summed E-state index contributed by atoms with van der Waals surface area (Å²) in [4.78, 5) is 0. The minimum absolute atomic E-state index is 0.443. The molecule has 0 aromatic heterocycles. The van der Waals surface area contributed by atoms with Gasteiger partial charge in [-0.1, -0.05) is 42.5 Å². The van der Waals surface area contributed by atoms with Crippen LogP contribution in [0.4, 0.5) is 0 Å². The lowest BCUT2D eigenvalue weighted by molar-refractivity contribution is 0.339. The molecule has 2 heteroatoms. The molecule has 2 aliphatic carbocycles. The molecular formula is C19H24N2. The van der Waals surface area contributed by atoms with E-state index in [1.165, 1.54) is 48.4 Å². The van der Waals surface area contributed by atoms with Gasteiger partial charge in [0.15, 0.2) is 0 Å². The second-order valence-corrected chi connectivity index (χ2v) is 6.83. The molecule has 2 nitrogen and oxygen atoms in total. The summed E-state index contributed by atoms with van der Waals surface area (Å²) in [5.74, 6) is 0.713. The van der Waals surface area contributed by atoms with Crippen molar-refractivity contribution in [1.82, 2.24) is 5.32 Å². The molecule has 2 saturated carbocycles. The Labute approximate surface area is 126 Å². The smallest absolute Gasteiger partial charge is 0.0145 e. The summed E-state index contributed by atoms with van der Waals surface area (Å²) in [6.45, 7) is 0. The highest BCUT2D eigenvalue weighted by atomic mass is 15.0. The van der Waals surface area contributed by atoms with Crippen molar-refractivity contribution in [3.63, 3.8) is 0 Å². The van der Waals surface area contributed by atoms with E-state index < -0.39 is 0 Å². The minimum Gasteiger partial charge on any atom is -0.328 e. The van der Waals surface area contributed by atoms with Crippen molar-refractivity contribution < 1.29 is 0 Å². The second kappa shape index (κ2) is 5.43. The summed E-state index contributed by atoms with van der Waals surface area (Å²) in [5, 5.41) is 6.56. The number of rotatable bonds is 3. The standard InChI is InChI=1S/C19H24N2/c20-16-7-9-17(10-8-16)21-19-12-18(19)15-6-5-13-3-1-2-4-14(13)11-15/h1-6,11,16-19,21H,7-10,12,20H2/t16-,17-,18-,19+/m0/s1. The van der Waals surface area contributed by atoms with Crippen LogP contribution in [0, 0.1) is 0 Å². The molecule has 2 aromatic carbocycles. The number of nitrogens with two attached hydrogens (primary N) is 1. The summed E-state index contributed by atoms with van der Waals surface area (Å²) < 4.78 is 0. The lowest BCUT2D eigenvalue weighted by Crippen LogP contribution is -2.38. The Bertz CT molecular complexity index is 628. The van der Waals surface area contributed by atoms with Gasteiger partial charge in [-0.2, -0.15) is 0 Å². The largest absolute Gasteiger partial charge is 0.328 e. The van der Waals surface area contributed by atoms with Crippen LogP contribution in [0.5, 0.6) is 0 Å². The molecule has 0 aliphatic heterocycles. The fourth-order valence-corrected chi connectivity index (χ4v) is 3.77. The van der Waals surface area contributed by atoms with E-state index >= 15 is 0 Å². The number of hydrogen-bond acceptors (Lipinski definition) is 2. The van der Waals surface area contributed by atoms with Gasteiger partial charge in [0, 0.05) is 24.0 Å². The third-order valence-electron chi connectivity index (χ3n) is 5.21. The minimum atomic E-state index is 0.443. The summed E-state index contributed by atoms with van der Waals surface area (Å²) in [7, 11) is 0. The average Bonchev–Trinajstić information content (AvgIpc) is 3.28. The molecule has 0 spiro atoms. The van der Waals surface area contributed by atoms with E-state index in [0.717, 1.165) is 0 Å². The van der Waals surface area contributed by atoms with Crippen LogP contribution < -0.4 is 11.1 Å². The van der Waals surface area contributed by atoms with Gasteiger partial charge in [-0.05, 0) is 48.4 Å². The molecule has 21 heavy (non-hydrogen) atoms. The molecule has 2 aliphatic rings. The molecule has 3 N–H and O–H groups in total. The number of benzene rings is 2. The Hall–Kier alpha value is -1.38. The Morgan fingerprint density at radius 1 is 0.905 bits per heavy atom. The monoisotopic (exact) mass is 280 g/mol. The van der Waals surface area contributed by atoms with Gasteiger partial charge in [-0.25, -0.2) is 0 Å². The van der Waals surface area contributed by atoms with Crippen molar-refractivity contribution in [3.8, 4) is 0 Å². The predicted molar refractivity (Wildman–Crippen MR) is 88.5 cm³/mol. The van der Waals surface area contributed by atoms with Crippen molar-refractivity contribution >= 4 is 10.8 Å². The molecule has 2 fully saturated rings. The molecule has 110 valence electrons. The molecular weight excluding hydrogens is 256 g/mol. The predicted octanol–water partition coefficient (Wildman–Crippen LogP) is 3.56. The van der Waals surface area contributed by atoms with Crippen LogP contribution in [-0.2, 0) is 0 Å². The van der Waals surface area contributed by atoms with Crippen LogP contribution in [0.3, 0.4) is 0 Å². The van der Waals surface area contributed by atoms with Crippen molar-refractivity contribution in [3.05, 3.63) is 48.0 Å². The van der Waals surface area contributed by atoms with Gasteiger partial charge in [0.2, 0.25) is 0 Å². The number of fused-ring (bicyclic) bond motifs is 1. The summed E-state index contributed by atoms with van der Waals surface area (Å²) in [6.07, 6.45) is 6.17. The van der Waals surface area contributed by atoms with Crippen LogP contribution in [0.15, 0.2) is 42.5 Å². The quantitative estimate of drug-likeness (QED) is 0.902. The molecule has 0 saturated heterocycles. The lowest BCUT2D eigenvalue weighted by Gasteiger charge is -2.27. The van der Waals surface area contributed by atoms with Crippen LogP contribution in [0.2, 0.25) is 0 Å². The normalized spacial score (nSPS) is 32.2. The Balaban J connectivity index is 1.41. The second-order valence-electron chi connectivity index (χ2n) is 6.83. The lowest BCUT2D eigenvalue weighted by atomic mass is 9.92. The van der Waals surface area contributed by atoms with Crippen molar-refractivity contribution in [2.24, 2.45) is 5.73 Å². The first kappa shape index (κ1) is 13.3. The maximum absolute atomic E-state index is 5.99. The summed E-state index contributed by atoms with van der Waals surface area (Å²) in [5.41, 5.74) is 7.49. The van der Waals surface area contributed by atoms with Gasteiger partial charge in [0.05, 0.1) is 0 Å². The molecule has 4 rings (SSSR count). The summed E-state index contributed by atoms with van der Waals surface area (Å²) in [6, 6.07) is 17.4. The van der Waals surface area contributed by atoms with E-state index in [-0.39, 0.29) is 0 Å². The van der Waals surface area contributed by atoms with Gasteiger partial charge in [-0.3, -0.25) is 0 Å². The van der Waals surface area contributed by atoms with Crippen LogP contribution in [-0.4, -0.2) is 18.1 Å². The number of hydrogen-bond donors (Lipinski definition) is 2. The molecule has 0 heterocycles. The molecule has 2 aromatic rings. The molecule has 0 radical (unpaired) electrons. The first-order valence-electron chi connectivity index (χ1n) is 8.30. The van der Waals surface area contributed by atoms with Crippen molar-refractivity contribution in [1.29, 1.82) is 0 Å². The molecule has 0 unspecified atom stereocenters. The first-order valence-corrected chi connectivity index (χ1v) is 8.30. The first-order chi connectivity index (χ1) is 10.3.